The quantitative estimate of drug-likeness (QED) is 0.667. The first kappa shape index (κ1) is 9.67. The molecule has 1 heterocycles. The minimum absolute atomic E-state index is 0.0807. The molecular weight excluding hydrogens is 194 g/mol. The van der Waals surface area contributed by atoms with Crippen molar-refractivity contribution < 1.29 is 5.11 Å². The van der Waals surface area contributed by atoms with Gasteiger partial charge in [0.15, 0.2) is 5.69 Å². The Hall–Kier alpha value is -1.88. The van der Waals surface area contributed by atoms with Crippen LogP contribution >= 0.6 is 0 Å². The molecule has 4 N–H and O–H groups in total. The standard InChI is InChI=1S/C10H11N3O2/c11-4-3-6-5-12-7-1-2-8(14)10(13-15)9(6)7/h1-2,5,12,14H,3-4,11H2. The van der Waals surface area contributed by atoms with Crippen molar-refractivity contribution in [2.45, 2.75) is 6.42 Å². The van der Waals surface area contributed by atoms with Crippen molar-refractivity contribution in [3.05, 3.63) is 28.8 Å². The van der Waals surface area contributed by atoms with Crippen LogP contribution in [0.1, 0.15) is 5.56 Å². The van der Waals surface area contributed by atoms with Gasteiger partial charge in [0.05, 0.1) is 0 Å². The summed E-state index contributed by atoms with van der Waals surface area (Å²) in [7, 11) is 0. The number of phenolic OH excluding ortho intramolecular Hbond substituents is 1. The molecular formula is C10H11N3O2. The maximum absolute atomic E-state index is 10.6. The number of hydrogen-bond acceptors (Lipinski definition) is 4. The summed E-state index contributed by atoms with van der Waals surface area (Å²) in [6.07, 6.45) is 2.43. The zero-order valence-corrected chi connectivity index (χ0v) is 8.03. The molecule has 5 heteroatoms. The van der Waals surface area contributed by atoms with Gasteiger partial charge in [-0.15, -0.1) is 4.91 Å². The van der Waals surface area contributed by atoms with E-state index in [0.717, 1.165) is 11.1 Å². The van der Waals surface area contributed by atoms with Crippen molar-refractivity contribution in [1.29, 1.82) is 0 Å². The molecule has 0 aliphatic carbocycles. The third-order valence-electron chi connectivity index (χ3n) is 2.38. The molecule has 2 rings (SSSR count). The van der Waals surface area contributed by atoms with Crippen LogP contribution < -0.4 is 5.73 Å². The number of nitrogens with one attached hydrogen (secondary N) is 1. The largest absolute Gasteiger partial charge is 0.506 e. The lowest BCUT2D eigenvalue weighted by Crippen LogP contribution is -2.01. The third-order valence-corrected chi connectivity index (χ3v) is 2.38. The van der Waals surface area contributed by atoms with Crippen LogP contribution in [0.5, 0.6) is 5.75 Å². The van der Waals surface area contributed by atoms with Gasteiger partial charge in [0.2, 0.25) is 0 Å². The number of H-pyrrole nitrogens is 1. The maximum Gasteiger partial charge on any atom is 0.159 e. The fraction of sp³-hybridized carbons (Fsp3) is 0.200. The van der Waals surface area contributed by atoms with E-state index in [1.165, 1.54) is 6.07 Å². The summed E-state index contributed by atoms with van der Waals surface area (Å²) in [4.78, 5) is 13.6. The summed E-state index contributed by atoms with van der Waals surface area (Å²) in [6.45, 7) is 0.487. The number of nitrogens with two attached hydrogens (primary N) is 1. The van der Waals surface area contributed by atoms with E-state index >= 15 is 0 Å². The first-order chi connectivity index (χ1) is 7.27. The van der Waals surface area contributed by atoms with Gasteiger partial charge in [-0.25, -0.2) is 0 Å². The van der Waals surface area contributed by atoms with Gasteiger partial charge in [0, 0.05) is 17.1 Å². The number of nitrogens with zero attached hydrogens (tertiary/aromatic N) is 1. The Labute approximate surface area is 85.9 Å². The van der Waals surface area contributed by atoms with Crippen LogP contribution in [0.2, 0.25) is 0 Å². The Kier molecular flexibility index (Phi) is 2.39. The van der Waals surface area contributed by atoms with E-state index in [-0.39, 0.29) is 11.4 Å². The number of benzene rings is 1. The maximum atomic E-state index is 10.6. The number of aromatic amines is 1. The number of fused-ring (bicyclic) bond motifs is 1. The Morgan fingerprint density at radius 3 is 2.93 bits per heavy atom. The summed E-state index contributed by atoms with van der Waals surface area (Å²) < 4.78 is 0. The van der Waals surface area contributed by atoms with Crippen molar-refractivity contribution in [3.63, 3.8) is 0 Å². The van der Waals surface area contributed by atoms with Gasteiger partial charge in [0.1, 0.15) is 5.75 Å². The van der Waals surface area contributed by atoms with Gasteiger partial charge >= 0.3 is 0 Å². The number of aromatic nitrogens is 1. The second kappa shape index (κ2) is 3.70. The normalized spacial score (nSPS) is 10.7. The minimum Gasteiger partial charge on any atom is -0.506 e. The summed E-state index contributed by atoms with van der Waals surface area (Å²) in [6, 6.07) is 3.15. The van der Waals surface area contributed by atoms with Crippen LogP contribution in [0.15, 0.2) is 23.5 Å². The van der Waals surface area contributed by atoms with Crippen LogP contribution in [0, 0.1) is 4.91 Å². The number of rotatable bonds is 3. The van der Waals surface area contributed by atoms with Gasteiger partial charge in [-0.3, -0.25) is 0 Å². The SMILES string of the molecule is NCCc1c[nH]c2ccc(O)c(N=O)c12. The Morgan fingerprint density at radius 2 is 2.27 bits per heavy atom. The molecule has 0 spiro atoms. The Balaban J connectivity index is 2.74. The summed E-state index contributed by atoms with van der Waals surface area (Å²) >= 11 is 0. The fourth-order valence-electron chi connectivity index (χ4n) is 1.71. The van der Waals surface area contributed by atoms with E-state index in [4.69, 9.17) is 5.73 Å². The highest BCUT2D eigenvalue weighted by Crippen LogP contribution is 2.36. The van der Waals surface area contributed by atoms with Gasteiger partial charge in [-0.2, -0.15) is 0 Å². The topological polar surface area (TPSA) is 91.5 Å². The average Bonchev–Trinajstić information content (AvgIpc) is 2.63. The van der Waals surface area contributed by atoms with E-state index in [1.807, 2.05) is 0 Å². The average molecular weight is 205 g/mol. The second-order valence-electron chi connectivity index (χ2n) is 3.30. The van der Waals surface area contributed by atoms with Gasteiger partial charge in [-0.05, 0) is 35.8 Å². The lowest BCUT2D eigenvalue weighted by Gasteiger charge is -2.00. The molecule has 1 aromatic heterocycles. The molecule has 0 radical (unpaired) electrons. The molecule has 0 aliphatic rings. The van der Waals surface area contributed by atoms with Crippen molar-refractivity contribution >= 4 is 16.6 Å². The zero-order chi connectivity index (χ0) is 10.8. The Morgan fingerprint density at radius 1 is 1.47 bits per heavy atom. The van der Waals surface area contributed by atoms with Gasteiger partial charge in [0.25, 0.3) is 0 Å². The second-order valence-corrected chi connectivity index (χ2v) is 3.30. The highest BCUT2D eigenvalue weighted by Gasteiger charge is 2.12. The predicted octanol–water partition coefficient (Wildman–Crippen LogP) is 1.77. The highest BCUT2D eigenvalue weighted by atomic mass is 16.3. The van der Waals surface area contributed by atoms with E-state index in [2.05, 4.69) is 10.2 Å². The smallest absolute Gasteiger partial charge is 0.159 e. The Bertz CT molecular complexity index is 505. The molecule has 0 saturated carbocycles. The lowest BCUT2D eigenvalue weighted by molar-refractivity contribution is 0.477. The third kappa shape index (κ3) is 1.46. The molecule has 2 aromatic rings. The van der Waals surface area contributed by atoms with E-state index < -0.39 is 0 Å². The van der Waals surface area contributed by atoms with Crippen molar-refractivity contribution in [1.82, 2.24) is 4.98 Å². The summed E-state index contributed by atoms with van der Waals surface area (Å²) in [5, 5.41) is 13.0. The molecule has 5 nitrogen and oxygen atoms in total. The number of phenols is 1. The van der Waals surface area contributed by atoms with Crippen LogP contribution in [-0.2, 0) is 6.42 Å². The monoisotopic (exact) mass is 205 g/mol. The van der Waals surface area contributed by atoms with Crippen LogP contribution in [0.25, 0.3) is 10.9 Å². The molecule has 1 aromatic carbocycles. The summed E-state index contributed by atoms with van der Waals surface area (Å²) in [5.74, 6) is -0.102. The highest BCUT2D eigenvalue weighted by molar-refractivity contribution is 5.96. The molecule has 0 aliphatic heterocycles. The number of nitroso groups, excluding NO2 is 1. The van der Waals surface area contributed by atoms with Crippen molar-refractivity contribution in [3.8, 4) is 5.75 Å². The van der Waals surface area contributed by atoms with E-state index in [0.29, 0.717) is 18.4 Å². The first-order valence-electron chi connectivity index (χ1n) is 4.63. The molecule has 15 heavy (non-hydrogen) atoms. The lowest BCUT2D eigenvalue weighted by atomic mass is 10.1. The number of aromatic hydroxyl groups is 1. The van der Waals surface area contributed by atoms with Crippen molar-refractivity contribution in [2.24, 2.45) is 10.9 Å². The molecule has 78 valence electrons. The molecule has 0 amide bonds. The van der Waals surface area contributed by atoms with E-state index in [1.54, 1.807) is 12.3 Å². The van der Waals surface area contributed by atoms with Crippen LogP contribution in [0.3, 0.4) is 0 Å². The van der Waals surface area contributed by atoms with Gasteiger partial charge in [-0.1, -0.05) is 0 Å². The molecule has 0 fully saturated rings. The molecule has 0 saturated heterocycles. The fourth-order valence-corrected chi connectivity index (χ4v) is 1.71. The van der Waals surface area contributed by atoms with Crippen LogP contribution in [-0.4, -0.2) is 16.6 Å². The van der Waals surface area contributed by atoms with Gasteiger partial charge < -0.3 is 15.8 Å². The minimum atomic E-state index is -0.102. The van der Waals surface area contributed by atoms with Crippen LogP contribution in [0.4, 0.5) is 5.69 Å². The predicted molar refractivity (Wildman–Crippen MR) is 58.2 cm³/mol. The summed E-state index contributed by atoms with van der Waals surface area (Å²) in [5.41, 5.74) is 7.22. The number of hydrogen-bond donors (Lipinski definition) is 3. The van der Waals surface area contributed by atoms with Crippen molar-refractivity contribution in [2.75, 3.05) is 6.54 Å². The van der Waals surface area contributed by atoms with E-state index in [9.17, 15) is 10.0 Å². The molecule has 0 atom stereocenters. The molecule has 0 unspecified atom stereocenters. The first-order valence-corrected chi connectivity index (χ1v) is 4.63. The molecule has 0 bridgehead atoms. The zero-order valence-electron chi connectivity index (χ0n) is 8.03.